The Balaban J connectivity index is 1.58. The smallest absolute Gasteiger partial charge is 0.327 e. The summed E-state index contributed by atoms with van der Waals surface area (Å²) in [5.41, 5.74) is 7.86. The van der Waals surface area contributed by atoms with Crippen LogP contribution in [0.4, 0.5) is 0 Å². The van der Waals surface area contributed by atoms with Crippen molar-refractivity contribution >= 4 is 52.1 Å². The average molecular weight is 477 g/mol. The number of carboxylic acids is 1. The molecule has 0 bridgehead atoms. The summed E-state index contributed by atoms with van der Waals surface area (Å²) < 4.78 is 5.62. The van der Waals surface area contributed by atoms with Gasteiger partial charge in [-0.3, -0.25) is 14.6 Å². The molecule has 9 nitrogen and oxygen atoms in total. The molecule has 11 heteroatoms. The van der Waals surface area contributed by atoms with Gasteiger partial charge < -0.3 is 25.5 Å². The van der Waals surface area contributed by atoms with Gasteiger partial charge in [-0.05, 0) is 35.7 Å². The van der Waals surface area contributed by atoms with E-state index in [2.05, 4.69) is 10.3 Å². The highest BCUT2D eigenvalue weighted by atomic mass is 35.5. The topological polar surface area (TPSA) is 139 Å². The predicted octanol–water partition coefficient (Wildman–Crippen LogP) is 2.47. The molecule has 3 aromatic rings. The fraction of sp³-hybridized carbons (Fsp3) is 0.238. The van der Waals surface area contributed by atoms with Gasteiger partial charge in [0.05, 0.1) is 15.6 Å². The molecule has 3 heterocycles. The Morgan fingerprint density at radius 3 is 2.78 bits per heavy atom. The van der Waals surface area contributed by atoms with Gasteiger partial charge in [-0.15, -0.1) is 0 Å². The van der Waals surface area contributed by atoms with E-state index in [4.69, 9.17) is 38.5 Å². The zero-order valence-electron chi connectivity index (χ0n) is 16.6. The van der Waals surface area contributed by atoms with E-state index in [0.29, 0.717) is 35.2 Å². The Labute approximate surface area is 192 Å². The maximum absolute atomic E-state index is 12.9. The minimum absolute atomic E-state index is 0.0186. The minimum Gasteiger partial charge on any atom is -0.480 e. The standard InChI is InChI=1S/C21H18Cl2N4O5/c22-12-6-10-9-27(20(29)16-7-13-15(32-16)2-1-4-25-13)5-3-11(10)18(23)17(12)19(28)26-14(8-24)21(30)31/h1-2,4,6-7,14H,3,5,8-9,24H2,(H,26,28)(H,30,31)/t14-/m0/s1. The van der Waals surface area contributed by atoms with E-state index in [1.807, 2.05) is 0 Å². The molecule has 4 rings (SSSR count). The van der Waals surface area contributed by atoms with Crippen LogP contribution in [0.3, 0.4) is 0 Å². The van der Waals surface area contributed by atoms with Gasteiger partial charge in [-0.25, -0.2) is 4.79 Å². The first-order chi connectivity index (χ1) is 15.3. The Hall–Kier alpha value is -3.14. The number of nitrogens with zero attached hydrogens (tertiary/aromatic N) is 2. The summed E-state index contributed by atoms with van der Waals surface area (Å²) in [5, 5.41) is 11.6. The van der Waals surface area contributed by atoms with Crippen molar-refractivity contribution in [1.82, 2.24) is 15.2 Å². The molecule has 0 saturated heterocycles. The normalized spacial score (nSPS) is 14.2. The molecule has 0 aliphatic carbocycles. The van der Waals surface area contributed by atoms with E-state index in [0.717, 1.165) is 0 Å². The third kappa shape index (κ3) is 4.02. The molecule has 1 aliphatic rings. The fourth-order valence-corrected chi connectivity index (χ4v) is 4.38. The zero-order chi connectivity index (χ0) is 23.0. The number of pyridine rings is 1. The average Bonchev–Trinajstić information content (AvgIpc) is 3.20. The first-order valence-corrected chi connectivity index (χ1v) is 10.4. The lowest BCUT2D eigenvalue weighted by Gasteiger charge is -2.29. The van der Waals surface area contributed by atoms with Crippen LogP contribution in [-0.2, 0) is 17.8 Å². The second-order valence-corrected chi connectivity index (χ2v) is 8.04. The van der Waals surface area contributed by atoms with Gasteiger partial charge in [0.25, 0.3) is 11.8 Å². The summed E-state index contributed by atoms with van der Waals surface area (Å²) in [6.45, 7) is 0.287. The number of aromatic nitrogens is 1. The van der Waals surface area contributed by atoms with Crippen molar-refractivity contribution < 1.29 is 23.9 Å². The number of carbonyl (C=O) groups excluding carboxylic acids is 2. The van der Waals surface area contributed by atoms with Crippen LogP contribution < -0.4 is 11.1 Å². The number of benzene rings is 1. The lowest BCUT2D eigenvalue weighted by atomic mass is 9.96. The molecule has 32 heavy (non-hydrogen) atoms. The van der Waals surface area contributed by atoms with Crippen LogP contribution in [0.1, 0.15) is 32.0 Å². The molecule has 0 spiro atoms. The Morgan fingerprint density at radius 2 is 2.09 bits per heavy atom. The molecular formula is C21H18Cl2N4O5. The first-order valence-electron chi connectivity index (χ1n) is 9.67. The van der Waals surface area contributed by atoms with E-state index in [-0.39, 0.29) is 40.4 Å². The summed E-state index contributed by atoms with van der Waals surface area (Å²) in [7, 11) is 0. The van der Waals surface area contributed by atoms with Crippen molar-refractivity contribution in [3.05, 3.63) is 63.0 Å². The Morgan fingerprint density at radius 1 is 1.31 bits per heavy atom. The number of aliphatic carboxylic acids is 1. The molecule has 166 valence electrons. The van der Waals surface area contributed by atoms with E-state index in [9.17, 15) is 14.4 Å². The highest BCUT2D eigenvalue weighted by molar-refractivity contribution is 6.40. The number of fused-ring (bicyclic) bond motifs is 2. The van der Waals surface area contributed by atoms with Crippen LogP contribution in [0, 0.1) is 0 Å². The predicted molar refractivity (Wildman–Crippen MR) is 117 cm³/mol. The quantitative estimate of drug-likeness (QED) is 0.513. The number of rotatable bonds is 5. The van der Waals surface area contributed by atoms with Crippen LogP contribution >= 0.6 is 23.2 Å². The highest BCUT2D eigenvalue weighted by Gasteiger charge is 2.30. The summed E-state index contributed by atoms with van der Waals surface area (Å²) in [5.74, 6) is -2.11. The van der Waals surface area contributed by atoms with Crippen molar-refractivity contribution in [2.45, 2.75) is 19.0 Å². The van der Waals surface area contributed by atoms with Gasteiger partial charge in [0.15, 0.2) is 11.3 Å². The molecular weight excluding hydrogens is 459 g/mol. The van der Waals surface area contributed by atoms with Gasteiger partial charge in [-0.2, -0.15) is 0 Å². The lowest BCUT2D eigenvalue weighted by Crippen LogP contribution is -2.46. The molecule has 1 aliphatic heterocycles. The van der Waals surface area contributed by atoms with Gasteiger partial charge in [0.1, 0.15) is 11.6 Å². The van der Waals surface area contributed by atoms with Crippen LogP contribution in [0.15, 0.2) is 34.9 Å². The number of nitrogens with one attached hydrogen (secondary N) is 1. The van der Waals surface area contributed by atoms with E-state index in [1.54, 1.807) is 35.4 Å². The summed E-state index contributed by atoms with van der Waals surface area (Å²) in [6.07, 6.45) is 2.00. The van der Waals surface area contributed by atoms with Crippen LogP contribution in [0.2, 0.25) is 10.0 Å². The van der Waals surface area contributed by atoms with Crippen LogP contribution in [-0.4, -0.2) is 51.9 Å². The molecule has 1 atom stereocenters. The van der Waals surface area contributed by atoms with Crippen molar-refractivity contribution in [2.75, 3.05) is 13.1 Å². The molecule has 4 N–H and O–H groups in total. The third-order valence-corrected chi connectivity index (χ3v) is 5.97. The number of halogens is 2. The number of nitrogens with two attached hydrogens (primary N) is 1. The molecule has 1 aromatic carbocycles. The number of hydrogen-bond donors (Lipinski definition) is 3. The summed E-state index contributed by atoms with van der Waals surface area (Å²) in [6, 6.07) is 5.35. The number of carboxylic acid groups (broad SMARTS) is 1. The van der Waals surface area contributed by atoms with Gasteiger partial charge in [0, 0.05) is 31.9 Å². The molecule has 2 amide bonds. The molecule has 2 aromatic heterocycles. The largest absolute Gasteiger partial charge is 0.480 e. The zero-order valence-corrected chi connectivity index (χ0v) is 18.1. The summed E-state index contributed by atoms with van der Waals surface area (Å²) in [4.78, 5) is 42.5. The SMILES string of the molecule is NC[C@H](NC(=O)c1c(Cl)cc2c(c1Cl)CCN(C(=O)c1cc3ncccc3o1)C2)C(=O)O. The number of furan rings is 1. The first kappa shape index (κ1) is 22.1. The van der Waals surface area contributed by atoms with Crippen LogP contribution in [0.5, 0.6) is 0 Å². The Bertz CT molecular complexity index is 1210. The highest BCUT2D eigenvalue weighted by Crippen LogP contribution is 2.35. The number of hydrogen-bond acceptors (Lipinski definition) is 6. The molecule has 0 radical (unpaired) electrons. The molecule has 0 fully saturated rings. The van der Waals surface area contributed by atoms with Gasteiger partial charge in [0.2, 0.25) is 0 Å². The van der Waals surface area contributed by atoms with Crippen molar-refractivity contribution in [3.8, 4) is 0 Å². The second kappa shape index (κ2) is 8.78. The molecule has 0 saturated carbocycles. The van der Waals surface area contributed by atoms with Crippen molar-refractivity contribution in [1.29, 1.82) is 0 Å². The maximum Gasteiger partial charge on any atom is 0.327 e. The maximum atomic E-state index is 12.9. The van der Waals surface area contributed by atoms with E-state index < -0.39 is 17.9 Å². The van der Waals surface area contributed by atoms with E-state index >= 15 is 0 Å². The van der Waals surface area contributed by atoms with Crippen LogP contribution in [0.25, 0.3) is 11.1 Å². The monoisotopic (exact) mass is 476 g/mol. The van der Waals surface area contributed by atoms with E-state index in [1.165, 1.54) is 0 Å². The minimum atomic E-state index is -1.27. The number of amides is 2. The Kier molecular flexibility index (Phi) is 6.05. The van der Waals surface area contributed by atoms with Crippen molar-refractivity contribution in [2.24, 2.45) is 5.73 Å². The third-order valence-electron chi connectivity index (χ3n) is 5.26. The lowest BCUT2D eigenvalue weighted by molar-refractivity contribution is -0.138. The summed E-state index contributed by atoms with van der Waals surface area (Å²) >= 11 is 12.8. The fourth-order valence-electron chi connectivity index (χ4n) is 3.62. The van der Waals surface area contributed by atoms with Gasteiger partial charge in [-0.1, -0.05) is 23.2 Å². The van der Waals surface area contributed by atoms with Gasteiger partial charge >= 0.3 is 5.97 Å². The number of carbonyl (C=O) groups is 3. The molecule has 0 unspecified atom stereocenters. The second-order valence-electron chi connectivity index (χ2n) is 7.26. The van der Waals surface area contributed by atoms with Crippen molar-refractivity contribution in [3.63, 3.8) is 0 Å².